The Hall–Kier alpha value is -3.04. The summed E-state index contributed by atoms with van der Waals surface area (Å²) in [7, 11) is 0. The van der Waals surface area contributed by atoms with Crippen LogP contribution in [0.2, 0.25) is 0 Å². The van der Waals surface area contributed by atoms with E-state index in [4.69, 9.17) is 4.42 Å². The second kappa shape index (κ2) is 5.48. The number of benzene rings is 4. The van der Waals surface area contributed by atoms with Gasteiger partial charge in [-0.2, -0.15) is 0 Å². The highest BCUT2D eigenvalue weighted by Crippen LogP contribution is 2.38. The monoisotopic (exact) mass is 411 g/mol. The van der Waals surface area contributed by atoms with E-state index in [1.54, 1.807) is 0 Å². The first kappa shape index (κ1) is 15.1. The second-order valence-corrected chi connectivity index (χ2v) is 7.71. The predicted molar refractivity (Wildman–Crippen MR) is 116 cm³/mol. The van der Waals surface area contributed by atoms with E-state index in [-0.39, 0.29) is 0 Å². The maximum Gasteiger partial charge on any atom is 0.137 e. The van der Waals surface area contributed by atoms with E-state index < -0.39 is 0 Å². The Morgan fingerprint density at radius 2 is 1.33 bits per heavy atom. The van der Waals surface area contributed by atoms with Crippen LogP contribution in [0.15, 0.2) is 93.8 Å². The average molecular weight is 412 g/mol. The summed E-state index contributed by atoms with van der Waals surface area (Å²) in [6, 6.07) is 29.7. The molecule has 0 atom stereocenters. The Bertz CT molecular complexity index is 1470. The van der Waals surface area contributed by atoms with Crippen LogP contribution in [0.25, 0.3) is 49.4 Å². The number of hydrogen-bond donors (Lipinski definition) is 0. The van der Waals surface area contributed by atoms with Crippen LogP contribution in [-0.4, -0.2) is 4.57 Å². The van der Waals surface area contributed by atoms with Crippen molar-refractivity contribution in [1.29, 1.82) is 0 Å². The van der Waals surface area contributed by atoms with Gasteiger partial charge in [-0.1, -0.05) is 52.3 Å². The fourth-order valence-electron chi connectivity index (χ4n) is 4.06. The SMILES string of the molecule is Brc1ccc(-n2c3ccccc3c3cc4c(cc32)oc2ccccc24)cc1. The zero-order chi connectivity index (χ0) is 18.0. The maximum atomic E-state index is 6.15. The summed E-state index contributed by atoms with van der Waals surface area (Å²) in [4.78, 5) is 0. The third kappa shape index (κ3) is 2.12. The Morgan fingerprint density at radius 1 is 0.593 bits per heavy atom. The number of aromatic nitrogens is 1. The first-order valence-corrected chi connectivity index (χ1v) is 9.69. The van der Waals surface area contributed by atoms with Crippen molar-refractivity contribution in [1.82, 2.24) is 4.57 Å². The quantitative estimate of drug-likeness (QED) is 0.274. The van der Waals surface area contributed by atoms with Crippen molar-refractivity contribution in [2.75, 3.05) is 0 Å². The third-order valence-electron chi connectivity index (χ3n) is 5.26. The van der Waals surface area contributed by atoms with Crippen LogP contribution < -0.4 is 0 Å². The molecule has 2 nitrogen and oxygen atoms in total. The number of furan rings is 1. The molecule has 6 aromatic rings. The lowest BCUT2D eigenvalue weighted by molar-refractivity contribution is 0.669. The Kier molecular flexibility index (Phi) is 3.06. The lowest BCUT2D eigenvalue weighted by Gasteiger charge is -2.07. The molecule has 3 heteroatoms. The highest BCUT2D eigenvalue weighted by Gasteiger charge is 2.15. The number of rotatable bonds is 1. The first-order valence-electron chi connectivity index (χ1n) is 8.90. The lowest BCUT2D eigenvalue weighted by Crippen LogP contribution is -1.93. The molecule has 27 heavy (non-hydrogen) atoms. The van der Waals surface area contributed by atoms with Crippen molar-refractivity contribution < 1.29 is 4.42 Å². The van der Waals surface area contributed by atoms with Crippen molar-refractivity contribution in [3.8, 4) is 5.69 Å². The molecule has 0 amide bonds. The minimum absolute atomic E-state index is 0.921. The fourth-order valence-corrected chi connectivity index (χ4v) is 4.32. The molecule has 0 bridgehead atoms. The molecule has 0 fully saturated rings. The van der Waals surface area contributed by atoms with Crippen molar-refractivity contribution in [3.05, 3.63) is 89.4 Å². The van der Waals surface area contributed by atoms with Gasteiger partial charge in [-0.3, -0.25) is 0 Å². The molecular weight excluding hydrogens is 398 g/mol. The van der Waals surface area contributed by atoms with E-state index in [0.29, 0.717) is 0 Å². The first-order chi connectivity index (χ1) is 13.3. The summed E-state index contributed by atoms with van der Waals surface area (Å²) in [5, 5.41) is 4.82. The Balaban J connectivity index is 1.81. The molecule has 0 spiro atoms. The molecule has 0 N–H and O–H groups in total. The summed E-state index contributed by atoms with van der Waals surface area (Å²) >= 11 is 3.54. The van der Waals surface area contributed by atoms with Gasteiger partial charge in [-0.05, 0) is 42.5 Å². The van der Waals surface area contributed by atoms with Crippen molar-refractivity contribution in [2.24, 2.45) is 0 Å². The summed E-state index contributed by atoms with van der Waals surface area (Å²) < 4.78 is 9.53. The summed E-state index contributed by atoms with van der Waals surface area (Å²) in [5.74, 6) is 0. The zero-order valence-corrected chi connectivity index (χ0v) is 15.9. The van der Waals surface area contributed by atoms with Gasteiger partial charge in [0.05, 0.1) is 11.0 Å². The van der Waals surface area contributed by atoms with Crippen LogP contribution in [0.5, 0.6) is 0 Å². The molecule has 128 valence electrons. The van der Waals surface area contributed by atoms with E-state index in [2.05, 4.69) is 93.3 Å². The number of halogens is 1. The van der Waals surface area contributed by atoms with Crippen LogP contribution in [0.1, 0.15) is 0 Å². The molecular formula is C24H14BrNO. The van der Waals surface area contributed by atoms with Crippen molar-refractivity contribution in [3.63, 3.8) is 0 Å². The molecule has 6 rings (SSSR count). The number of hydrogen-bond acceptors (Lipinski definition) is 1. The van der Waals surface area contributed by atoms with Crippen molar-refractivity contribution >= 4 is 59.7 Å². The second-order valence-electron chi connectivity index (χ2n) is 6.79. The summed E-state index contributed by atoms with van der Waals surface area (Å²) in [6.45, 7) is 0. The largest absolute Gasteiger partial charge is 0.456 e. The fraction of sp³-hybridized carbons (Fsp3) is 0. The molecule has 0 aliphatic carbocycles. The predicted octanol–water partition coefficient (Wildman–Crippen LogP) is 7.45. The number of para-hydroxylation sites is 2. The van der Waals surface area contributed by atoms with E-state index in [1.807, 2.05) is 12.1 Å². The van der Waals surface area contributed by atoms with Gasteiger partial charge in [0, 0.05) is 37.8 Å². The molecule has 0 radical (unpaired) electrons. The van der Waals surface area contributed by atoms with Gasteiger partial charge >= 0.3 is 0 Å². The zero-order valence-electron chi connectivity index (χ0n) is 14.3. The average Bonchev–Trinajstić information content (AvgIpc) is 3.22. The van der Waals surface area contributed by atoms with Crippen LogP contribution in [0.4, 0.5) is 0 Å². The van der Waals surface area contributed by atoms with E-state index in [0.717, 1.165) is 37.6 Å². The van der Waals surface area contributed by atoms with Gasteiger partial charge in [0.15, 0.2) is 0 Å². The molecule has 4 aromatic carbocycles. The van der Waals surface area contributed by atoms with Crippen LogP contribution >= 0.6 is 15.9 Å². The van der Waals surface area contributed by atoms with E-state index in [9.17, 15) is 0 Å². The molecule has 2 heterocycles. The van der Waals surface area contributed by atoms with Gasteiger partial charge in [0.1, 0.15) is 11.2 Å². The van der Waals surface area contributed by atoms with Gasteiger partial charge in [-0.25, -0.2) is 0 Å². The smallest absolute Gasteiger partial charge is 0.137 e. The highest BCUT2D eigenvalue weighted by atomic mass is 79.9. The topological polar surface area (TPSA) is 18.1 Å². The third-order valence-corrected chi connectivity index (χ3v) is 5.78. The van der Waals surface area contributed by atoms with E-state index in [1.165, 1.54) is 16.3 Å². The highest BCUT2D eigenvalue weighted by molar-refractivity contribution is 9.10. The van der Waals surface area contributed by atoms with E-state index >= 15 is 0 Å². The number of nitrogens with zero attached hydrogens (tertiary/aromatic N) is 1. The Labute approximate surface area is 163 Å². The summed E-state index contributed by atoms with van der Waals surface area (Å²) in [6.07, 6.45) is 0. The molecule has 2 aromatic heterocycles. The molecule has 0 saturated heterocycles. The standard InChI is InChI=1S/C24H14BrNO/c25-15-9-11-16(12-10-15)26-21-7-3-1-5-17(21)19-13-20-18-6-2-4-8-23(18)27-24(20)14-22(19)26/h1-14H. The molecule has 0 saturated carbocycles. The number of fused-ring (bicyclic) bond motifs is 6. The van der Waals surface area contributed by atoms with Crippen molar-refractivity contribution in [2.45, 2.75) is 0 Å². The normalized spacial score (nSPS) is 11.9. The molecule has 0 aliphatic rings. The van der Waals surface area contributed by atoms with Gasteiger partial charge in [0.2, 0.25) is 0 Å². The maximum absolute atomic E-state index is 6.15. The molecule has 0 aliphatic heterocycles. The van der Waals surface area contributed by atoms with Gasteiger partial charge < -0.3 is 8.98 Å². The van der Waals surface area contributed by atoms with Gasteiger partial charge in [0.25, 0.3) is 0 Å². The van der Waals surface area contributed by atoms with Crippen LogP contribution in [-0.2, 0) is 0 Å². The van der Waals surface area contributed by atoms with Crippen LogP contribution in [0, 0.1) is 0 Å². The van der Waals surface area contributed by atoms with Crippen LogP contribution in [0.3, 0.4) is 0 Å². The summed E-state index contributed by atoms with van der Waals surface area (Å²) in [5.41, 5.74) is 5.35. The lowest BCUT2D eigenvalue weighted by atomic mass is 10.1. The van der Waals surface area contributed by atoms with Gasteiger partial charge in [-0.15, -0.1) is 0 Å². The Morgan fingerprint density at radius 3 is 2.19 bits per heavy atom. The minimum atomic E-state index is 0.921. The minimum Gasteiger partial charge on any atom is -0.456 e. The molecule has 0 unspecified atom stereocenters.